The van der Waals surface area contributed by atoms with E-state index in [9.17, 15) is 0 Å². The number of nitrogens with one attached hydrogen (secondary N) is 1. The van der Waals surface area contributed by atoms with Gasteiger partial charge in [-0.25, -0.2) is 0 Å². The maximum atomic E-state index is 4.25. The summed E-state index contributed by atoms with van der Waals surface area (Å²) >= 11 is 1.92. The molecule has 0 aliphatic heterocycles. The summed E-state index contributed by atoms with van der Waals surface area (Å²) in [7, 11) is 0. The molecule has 0 aromatic carbocycles. The SMILES string of the molecule is CSCCCCNCc1ccccn1. The molecule has 0 bridgehead atoms. The molecule has 0 radical (unpaired) electrons. The predicted molar refractivity (Wildman–Crippen MR) is 63.6 cm³/mol. The van der Waals surface area contributed by atoms with Crippen LogP contribution in [0.2, 0.25) is 0 Å². The van der Waals surface area contributed by atoms with Crippen LogP contribution >= 0.6 is 11.8 Å². The van der Waals surface area contributed by atoms with Crippen molar-refractivity contribution in [2.24, 2.45) is 0 Å². The van der Waals surface area contributed by atoms with Gasteiger partial charge in [0.2, 0.25) is 0 Å². The van der Waals surface area contributed by atoms with E-state index in [1.165, 1.54) is 18.6 Å². The molecule has 1 heterocycles. The molecule has 0 saturated carbocycles. The lowest BCUT2D eigenvalue weighted by Crippen LogP contribution is -2.15. The van der Waals surface area contributed by atoms with Crippen molar-refractivity contribution < 1.29 is 0 Å². The van der Waals surface area contributed by atoms with Gasteiger partial charge in [-0.05, 0) is 43.5 Å². The van der Waals surface area contributed by atoms with Gasteiger partial charge >= 0.3 is 0 Å². The zero-order chi connectivity index (χ0) is 10.1. The maximum absolute atomic E-state index is 4.25. The fourth-order valence-electron chi connectivity index (χ4n) is 1.22. The van der Waals surface area contributed by atoms with Crippen LogP contribution in [0.15, 0.2) is 24.4 Å². The lowest BCUT2D eigenvalue weighted by molar-refractivity contribution is 0.635. The Morgan fingerprint density at radius 2 is 2.29 bits per heavy atom. The Hall–Kier alpha value is -0.540. The third kappa shape index (κ3) is 5.25. The first kappa shape index (κ1) is 11.5. The summed E-state index contributed by atoms with van der Waals surface area (Å²) in [5.74, 6) is 1.27. The Morgan fingerprint density at radius 3 is 3.00 bits per heavy atom. The fourth-order valence-corrected chi connectivity index (χ4v) is 1.71. The van der Waals surface area contributed by atoms with Crippen LogP contribution in [-0.2, 0) is 6.54 Å². The topological polar surface area (TPSA) is 24.9 Å². The molecule has 1 aromatic heterocycles. The Kier molecular flexibility index (Phi) is 6.45. The molecule has 14 heavy (non-hydrogen) atoms. The van der Waals surface area contributed by atoms with Crippen molar-refractivity contribution in [1.82, 2.24) is 10.3 Å². The molecule has 78 valence electrons. The zero-order valence-corrected chi connectivity index (χ0v) is 9.52. The zero-order valence-electron chi connectivity index (χ0n) is 8.70. The number of unbranched alkanes of at least 4 members (excludes halogenated alkanes) is 1. The van der Waals surface area contributed by atoms with Gasteiger partial charge in [-0.3, -0.25) is 4.98 Å². The molecule has 1 rings (SSSR count). The molecule has 0 aliphatic rings. The van der Waals surface area contributed by atoms with Crippen molar-refractivity contribution in [3.8, 4) is 0 Å². The van der Waals surface area contributed by atoms with E-state index in [-0.39, 0.29) is 0 Å². The third-order valence-electron chi connectivity index (χ3n) is 1.98. The molecule has 3 heteroatoms. The van der Waals surface area contributed by atoms with Crippen LogP contribution in [0, 0.1) is 0 Å². The minimum atomic E-state index is 0.889. The summed E-state index contributed by atoms with van der Waals surface area (Å²) in [4.78, 5) is 4.25. The molecule has 2 nitrogen and oxygen atoms in total. The van der Waals surface area contributed by atoms with Crippen molar-refractivity contribution in [3.05, 3.63) is 30.1 Å². The second kappa shape index (κ2) is 7.83. The van der Waals surface area contributed by atoms with Gasteiger partial charge in [0.1, 0.15) is 0 Å². The van der Waals surface area contributed by atoms with E-state index in [2.05, 4.69) is 22.6 Å². The highest BCUT2D eigenvalue weighted by molar-refractivity contribution is 7.98. The number of aromatic nitrogens is 1. The average Bonchev–Trinajstić information content (AvgIpc) is 2.25. The Morgan fingerprint density at radius 1 is 1.36 bits per heavy atom. The van der Waals surface area contributed by atoms with E-state index in [0.29, 0.717) is 0 Å². The molecule has 0 amide bonds. The van der Waals surface area contributed by atoms with Crippen LogP contribution in [0.25, 0.3) is 0 Å². The van der Waals surface area contributed by atoms with E-state index >= 15 is 0 Å². The lowest BCUT2D eigenvalue weighted by Gasteiger charge is -2.03. The van der Waals surface area contributed by atoms with Crippen LogP contribution in [0.5, 0.6) is 0 Å². The second-order valence-electron chi connectivity index (χ2n) is 3.20. The summed E-state index contributed by atoms with van der Waals surface area (Å²) in [5.41, 5.74) is 1.12. The van der Waals surface area contributed by atoms with Crippen LogP contribution in [0.3, 0.4) is 0 Å². The average molecular weight is 210 g/mol. The first-order chi connectivity index (χ1) is 6.93. The largest absolute Gasteiger partial charge is 0.311 e. The number of pyridine rings is 1. The van der Waals surface area contributed by atoms with Gasteiger partial charge in [0.05, 0.1) is 5.69 Å². The summed E-state index contributed by atoms with van der Waals surface area (Å²) in [6.45, 7) is 1.98. The standard InChI is InChI=1S/C11H18N2S/c1-14-9-5-4-7-12-10-11-6-2-3-8-13-11/h2-3,6,8,12H,4-5,7,9-10H2,1H3. The monoisotopic (exact) mass is 210 g/mol. The molecular weight excluding hydrogens is 192 g/mol. The van der Waals surface area contributed by atoms with Crippen LogP contribution in [0.4, 0.5) is 0 Å². The van der Waals surface area contributed by atoms with Crippen LogP contribution < -0.4 is 5.32 Å². The molecule has 0 unspecified atom stereocenters. The highest BCUT2D eigenvalue weighted by Crippen LogP contribution is 1.98. The molecule has 0 saturated heterocycles. The van der Waals surface area contributed by atoms with Crippen molar-refractivity contribution in [3.63, 3.8) is 0 Å². The molecule has 0 fully saturated rings. The predicted octanol–water partition coefficient (Wildman–Crippen LogP) is 2.31. The van der Waals surface area contributed by atoms with Crippen LogP contribution in [0.1, 0.15) is 18.5 Å². The van der Waals surface area contributed by atoms with E-state index in [1.807, 2.05) is 30.1 Å². The fraction of sp³-hybridized carbons (Fsp3) is 0.545. The Balaban J connectivity index is 1.99. The first-order valence-corrected chi connectivity index (χ1v) is 6.42. The molecule has 0 aliphatic carbocycles. The molecule has 0 spiro atoms. The number of nitrogens with zero attached hydrogens (tertiary/aromatic N) is 1. The first-order valence-electron chi connectivity index (χ1n) is 5.03. The second-order valence-corrected chi connectivity index (χ2v) is 4.18. The van der Waals surface area contributed by atoms with Crippen molar-refractivity contribution >= 4 is 11.8 Å². The summed E-state index contributed by atoms with van der Waals surface area (Å²) in [6.07, 6.45) is 6.55. The maximum Gasteiger partial charge on any atom is 0.0541 e. The van der Waals surface area contributed by atoms with Gasteiger partial charge in [-0.2, -0.15) is 11.8 Å². The van der Waals surface area contributed by atoms with Crippen molar-refractivity contribution in [2.45, 2.75) is 19.4 Å². The smallest absolute Gasteiger partial charge is 0.0541 e. The summed E-state index contributed by atoms with van der Waals surface area (Å²) in [6, 6.07) is 6.02. The normalized spacial score (nSPS) is 10.4. The molecule has 1 N–H and O–H groups in total. The van der Waals surface area contributed by atoms with Gasteiger partial charge in [0.15, 0.2) is 0 Å². The minimum absolute atomic E-state index is 0.889. The Bertz CT molecular complexity index is 226. The third-order valence-corrected chi connectivity index (χ3v) is 2.68. The molecular formula is C11H18N2S. The highest BCUT2D eigenvalue weighted by Gasteiger charge is 1.91. The lowest BCUT2D eigenvalue weighted by atomic mass is 10.3. The highest BCUT2D eigenvalue weighted by atomic mass is 32.2. The van der Waals surface area contributed by atoms with Crippen molar-refractivity contribution in [1.29, 1.82) is 0 Å². The quantitative estimate of drug-likeness (QED) is 0.699. The number of thioether (sulfide) groups is 1. The minimum Gasteiger partial charge on any atom is -0.311 e. The van der Waals surface area contributed by atoms with E-state index in [1.54, 1.807) is 0 Å². The van der Waals surface area contributed by atoms with E-state index < -0.39 is 0 Å². The van der Waals surface area contributed by atoms with Gasteiger partial charge in [0, 0.05) is 12.7 Å². The van der Waals surface area contributed by atoms with Gasteiger partial charge in [0.25, 0.3) is 0 Å². The van der Waals surface area contributed by atoms with Gasteiger partial charge < -0.3 is 5.32 Å². The molecule has 1 aromatic rings. The van der Waals surface area contributed by atoms with Crippen molar-refractivity contribution in [2.75, 3.05) is 18.6 Å². The number of rotatable bonds is 7. The van der Waals surface area contributed by atoms with E-state index in [4.69, 9.17) is 0 Å². The van der Waals surface area contributed by atoms with Gasteiger partial charge in [-0.15, -0.1) is 0 Å². The summed E-state index contributed by atoms with van der Waals surface area (Å²) in [5, 5.41) is 3.39. The van der Waals surface area contributed by atoms with E-state index in [0.717, 1.165) is 18.8 Å². The number of hydrogen-bond donors (Lipinski definition) is 1. The molecule has 0 atom stereocenters. The Labute approximate surface area is 90.5 Å². The number of hydrogen-bond acceptors (Lipinski definition) is 3. The van der Waals surface area contributed by atoms with Crippen LogP contribution in [-0.4, -0.2) is 23.5 Å². The van der Waals surface area contributed by atoms with Gasteiger partial charge in [-0.1, -0.05) is 6.07 Å². The summed E-state index contributed by atoms with van der Waals surface area (Å²) < 4.78 is 0.